The molecule has 1 aromatic heterocycles. The molecule has 8 heteroatoms. The van der Waals surface area contributed by atoms with Crippen LogP contribution in [0.4, 0.5) is 0 Å². The lowest BCUT2D eigenvalue weighted by atomic mass is 9.94. The first-order valence-corrected chi connectivity index (χ1v) is 12.1. The molecule has 0 spiro atoms. The molecular formula is C21H28N2O4S2. The van der Waals surface area contributed by atoms with E-state index < -0.39 is 10.0 Å². The van der Waals surface area contributed by atoms with Crippen molar-refractivity contribution in [1.29, 1.82) is 0 Å². The largest absolute Gasteiger partial charge is 0.495 e. The molecule has 1 N–H and O–H groups in total. The van der Waals surface area contributed by atoms with Gasteiger partial charge in [-0.15, -0.1) is 11.3 Å². The zero-order valence-corrected chi connectivity index (χ0v) is 18.8. The van der Waals surface area contributed by atoms with E-state index in [0.717, 1.165) is 11.3 Å². The van der Waals surface area contributed by atoms with Gasteiger partial charge in [0.05, 0.1) is 13.2 Å². The molecule has 1 aliphatic rings. The number of sulfonamides is 1. The number of nitrogens with zero attached hydrogens (tertiary/aromatic N) is 1. The molecule has 29 heavy (non-hydrogen) atoms. The van der Waals surface area contributed by atoms with Gasteiger partial charge in [0.15, 0.2) is 0 Å². The summed E-state index contributed by atoms with van der Waals surface area (Å²) in [5.74, 6) is 0.513. The Morgan fingerprint density at radius 1 is 1.24 bits per heavy atom. The van der Waals surface area contributed by atoms with Crippen LogP contribution in [-0.2, 0) is 10.0 Å². The van der Waals surface area contributed by atoms with E-state index in [4.69, 9.17) is 4.74 Å². The fourth-order valence-corrected chi connectivity index (χ4v) is 6.44. The Balaban J connectivity index is 1.89. The molecule has 3 atom stereocenters. The molecule has 2 aromatic rings. The van der Waals surface area contributed by atoms with Crippen LogP contribution in [-0.4, -0.2) is 38.8 Å². The molecule has 6 nitrogen and oxygen atoms in total. The summed E-state index contributed by atoms with van der Waals surface area (Å²) in [7, 11) is -2.33. The van der Waals surface area contributed by atoms with Gasteiger partial charge in [0.2, 0.25) is 10.0 Å². The van der Waals surface area contributed by atoms with Crippen molar-refractivity contribution in [3.63, 3.8) is 0 Å². The van der Waals surface area contributed by atoms with E-state index in [1.807, 2.05) is 24.4 Å². The van der Waals surface area contributed by atoms with Gasteiger partial charge in [-0.3, -0.25) is 4.79 Å². The number of benzene rings is 1. The number of piperidine rings is 1. The predicted molar refractivity (Wildman–Crippen MR) is 115 cm³/mol. The lowest BCUT2D eigenvalue weighted by molar-refractivity contribution is 0.0940. The molecule has 3 unspecified atom stereocenters. The maximum atomic E-state index is 13.4. The third kappa shape index (κ3) is 4.82. The number of thiophene rings is 1. The highest BCUT2D eigenvalue weighted by Gasteiger charge is 2.34. The summed E-state index contributed by atoms with van der Waals surface area (Å²) >= 11 is 1.56. The van der Waals surface area contributed by atoms with Gasteiger partial charge in [-0.25, -0.2) is 8.42 Å². The van der Waals surface area contributed by atoms with Crippen molar-refractivity contribution in [2.45, 2.75) is 38.1 Å². The standard InChI is InChI=1S/C21H28N2O4S2/c1-14-10-15(2)13-23(12-14)29(25,26)20-11-17(7-8-18(20)27-4)21(24)22-16(3)19-6-5-9-28-19/h5-9,11,14-16H,10,12-13H2,1-4H3,(H,22,24). The van der Waals surface area contributed by atoms with Gasteiger partial charge in [-0.2, -0.15) is 4.31 Å². The highest BCUT2D eigenvalue weighted by Crippen LogP contribution is 2.32. The third-order valence-corrected chi connectivity index (χ3v) is 8.10. The summed E-state index contributed by atoms with van der Waals surface area (Å²) in [4.78, 5) is 13.8. The van der Waals surface area contributed by atoms with Crippen molar-refractivity contribution >= 4 is 27.3 Å². The molecule has 0 bridgehead atoms. The molecule has 1 aromatic carbocycles. The molecular weight excluding hydrogens is 408 g/mol. The Hall–Kier alpha value is -1.90. The van der Waals surface area contributed by atoms with Gasteiger partial charge in [-0.1, -0.05) is 19.9 Å². The van der Waals surface area contributed by atoms with Gasteiger partial charge in [0, 0.05) is 23.5 Å². The number of amides is 1. The smallest absolute Gasteiger partial charge is 0.251 e. The molecule has 1 amide bonds. The summed E-state index contributed by atoms with van der Waals surface area (Å²) < 4.78 is 33.5. The summed E-state index contributed by atoms with van der Waals surface area (Å²) in [6, 6.07) is 8.30. The van der Waals surface area contributed by atoms with Crippen LogP contribution in [0, 0.1) is 11.8 Å². The van der Waals surface area contributed by atoms with Gasteiger partial charge in [0.25, 0.3) is 5.91 Å². The molecule has 158 valence electrons. The van der Waals surface area contributed by atoms with E-state index in [2.05, 4.69) is 19.2 Å². The molecule has 2 heterocycles. The molecule has 0 radical (unpaired) electrons. The van der Waals surface area contributed by atoms with E-state index >= 15 is 0 Å². The minimum atomic E-state index is -3.77. The zero-order valence-electron chi connectivity index (χ0n) is 17.2. The number of hydrogen-bond donors (Lipinski definition) is 1. The second-order valence-electron chi connectivity index (χ2n) is 7.84. The summed E-state index contributed by atoms with van der Waals surface area (Å²) in [6.45, 7) is 6.97. The molecule has 1 fully saturated rings. The highest BCUT2D eigenvalue weighted by molar-refractivity contribution is 7.89. The van der Waals surface area contributed by atoms with E-state index in [-0.39, 0.29) is 34.4 Å². The summed E-state index contributed by atoms with van der Waals surface area (Å²) in [6.07, 6.45) is 1.01. The minimum Gasteiger partial charge on any atom is -0.495 e. The number of ether oxygens (including phenoxy) is 1. The quantitative estimate of drug-likeness (QED) is 0.745. The normalized spacial score (nSPS) is 21.5. The average Bonchev–Trinajstić information content (AvgIpc) is 3.21. The highest BCUT2D eigenvalue weighted by atomic mass is 32.2. The fraction of sp³-hybridized carbons (Fsp3) is 0.476. The molecule has 3 rings (SSSR count). The van der Waals surface area contributed by atoms with E-state index in [1.165, 1.54) is 17.5 Å². The first-order valence-electron chi connectivity index (χ1n) is 9.74. The Kier molecular flexibility index (Phi) is 6.65. The first-order chi connectivity index (χ1) is 13.7. The van der Waals surface area contributed by atoms with Crippen molar-refractivity contribution in [1.82, 2.24) is 9.62 Å². The molecule has 0 aliphatic carbocycles. The lowest BCUT2D eigenvalue weighted by Gasteiger charge is -2.34. The first kappa shape index (κ1) is 21.8. The third-order valence-electron chi connectivity index (χ3n) is 5.20. The van der Waals surface area contributed by atoms with Crippen LogP contribution in [0.1, 0.15) is 48.5 Å². The number of nitrogens with one attached hydrogen (secondary N) is 1. The number of carbonyl (C=O) groups excluding carboxylic acids is 1. The van der Waals surface area contributed by atoms with Crippen LogP contribution in [0.3, 0.4) is 0 Å². The Morgan fingerprint density at radius 3 is 2.52 bits per heavy atom. The number of hydrogen-bond acceptors (Lipinski definition) is 5. The Labute approximate surface area is 176 Å². The van der Waals surface area contributed by atoms with Crippen molar-refractivity contribution in [3.8, 4) is 5.75 Å². The van der Waals surface area contributed by atoms with Crippen molar-refractivity contribution in [2.24, 2.45) is 11.8 Å². The summed E-state index contributed by atoms with van der Waals surface area (Å²) in [5.41, 5.74) is 0.297. The Morgan fingerprint density at radius 2 is 1.93 bits per heavy atom. The second-order valence-corrected chi connectivity index (χ2v) is 10.7. The molecule has 0 saturated carbocycles. The minimum absolute atomic E-state index is 0.0396. The Bertz CT molecular complexity index is 947. The topological polar surface area (TPSA) is 75.7 Å². The van der Waals surface area contributed by atoms with Crippen molar-refractivity contribution in [2.75, 3.05) is 20.2 Å². The van der Waals surface area contributed by atoms with Crippen molar-refractivity contribution in [3.05, 3.63) is 46.2 Å². The van der Waals surface area contributed by atoms with Gasteiger partial charge in [-0.05, 0) is 54.8 Å². The number of carbonyl (C=O) groups is 1. The van der Waals surface area contributed by atoms with E-state index in [0.29, 0.717) is 18.7 Å². The number of rotatable bonds is 6. The van der Waals surface area contributed by atoms with Gasteiger partial charge >= 0.3 is 0 Å². The van der Waals surface area contributed by atoms with Crippen LogP contribution in [0.25, 0.3) is 0 Å². The molecule has 1 aliphatic heterocycles. The van der Waals surface area contributed by atoms with Crippen LogP contribution in [0.15, 0.2) is 40.6 Å². The SMILES string of the molecule is COc1ccc(C(=O)NC(C)c2cccs2)cc1S(=O)(=O)N1CC(C)CC(C)C1. The fourth-order valence-electron chi connectivity index (χ4n) is 3.85. The average molecular weight is 437 g/mol. The van der Waals surface area contributed by atoms with E-state index in [1.54, 1.807) is 23.5 Å². The van der Waals surface area contributed by atoms with Crippen molar-refractivity contribution < 1.29 is 17.9 Å². The monoisotopic (exact) mass is 436 g/mol. The zero-order chi connectivity index (χ0) is 21.2. The second kappa shape index (κ2) is 8.85. The van der Waals surface area contributed by atoms with E-state index in [9.17, 15) is 13.2 Å². The van der Waals surface area contributed by atoms with Gasteiger partial charge < -0.3 is 10.1 Å². The number of methoxy groups -OCH3 is 1. The lowest BCUT2D eigenvalue weighted by Crippen LogP contribution is -2.42. The van der Waals surface area contributed by atoms with Crippen LogP contribution >= 0.6 is 11.3 Å². The predicted octanol–water partition coefficient (Wildman–Crippen LogP) is 3.91. The summed E-state index contributed by atoms with van der Waals surface area (Å²) in [5, 5.41) is 4.89. The van der Waals surface area contributed by atoms with Crippen LogP contribution in [0.5, 0.6) is 5.75 Å². The maximum absolute atomic E-state index is 13.4. The maximum Gasteiger partial charge on any atom is 0.251 e. The molecule has 1 saturated heterocycles. The van der Waals surface area contributed by atoms with Crippen LogP contribution in [0.2, 0.25) is 0 Å². The van der Waals surface area contributed by atoms with Crippen LogP contribution < -0.4 is 10.1 Å². The van der Waals surface area contributed by atoms with Gasteiger partial charge in [0.1, 0.15) is 10.6 Å².